The fourth-order valence-corrected chi connectivity index (χ4v) is 4.73. The Balaban J connectivity index is 2.30. The summed E-state index contributed by atoms with van der Waals surface area (Å²) in [5.41, 5.74) is 5.52. The van der Waals surface area contributed by atoms with Crippen molar-refractivity contribution in [1.82, 2.24) is 4.98 Å². The minimum atomic E-state index is -0.836. The Bertz CT molecular complexity index is 575. The fourth-order valence-electron chi connectivity index (χ4n) is 2.68. The average molecular weight is 330 g/mol. The van der Waals surface area contributed by atoms with E-state index in [1.165, 1.54) is 12.3 Å². The van der Waals surface area contributed by atoms with Crippen LogP contribution < -0.4 is 10.6 Å². The topological polar surface area (TPSA) is 76.3 Å². The summed E-state index contributed by atoms with van der Waals surface area (Å²) in [5.74, 6) is 0.689. The third-order valence-electron chi connectivity index (χ3n) is 4.20. The molecule has 21 heavy (non-hydrogen) atoms. The summed E-state index contributed by atoms with van der Waals surface area (Å²) in [6.45, 7) is 5.44. The van der Waals surface area contributed by atoms with Crippen molar-refractivity contribution in [3.63, 3.8) is 0 Å². The van der Waals surface area contributed by atoms with Crippen LogP contribution >= 0.6 is 11.6 Å². The van der Waals surface area contributed by atoms with E-state index < -0.39 is 16.7 Å². The molecule has 1 aliphatic heterocycles. The maximum Gasteiger partial charge on any atom is 0.250 e. The second-order valence-electron chi connectivity index (χ2n) is 5.25. The zero-order valence-electron chi connectivity index (χ0n) is 12.3. The minimum Gasteiger partial charge on any atom is -0.366 e. The van der Waals surface area contributed by atoms with E-state index in [0.717, 1.165) is 12.8 Å². The summed E-state index contributed by atoms with van der Waals surface area (Å²) in [6, 6.07) is 1.54. The molecule has 1 aromatic heterocycles. The number of hydrogen-bond donors (Lipinski definition) is 1. The van der Waals surface area contributed by atoms with Gasteiger partial charge in [0, 0.05) is 35.8 Å². The zero-order valence-corrected chi connectivity index (χ0v) is 13.8. The van der Waals surface area contributed by atoms with Crippen LogP contribution in [0, 0.1) is 0 Å². The predicted octanol–water partition coefficient (Wildman–Crippen LogP) is 1.96. The Morgan fingerprint density at radius 1 is 1.52 bits per heavy atom. The molecule has 0 bridgehead atoms. The van der Waals surface area contributed by atoms with Crippen LogP contribution in [0.1, 0.15) is 37.0 Å². The van der Waals surface area contributed by atoms with Crippen LogP contribution in [0.3, 0.4) is 0 Å². The van der Waals surface area contributed by atoms with Crippen LogP contribution in [0.2, 0.25) is 5.02 Å². The Morgan fingerprint density at radius 2 is 2.19 bits per heavy atom. The summed E-state index contributed by atoms with van der Waals surface area (Å²) >= 11 is 6.23. The maximum atomic E-state index is 12.4. The molecule has 1 fully saturated rings. The maximum absolute atomic E-state index is 12.4. The van der Waals surface area contributed by atoms with Crippen LogP contribution in [-0.4, -0.2) is 38.7 Å². The number of nitrogens with two attached hydrogens (primary N) is 1. The third kappa shape index (κ3) is 3.06. The molecule has 1 unspecified atom stereocenters. The smallest absolute Gasteiger partial charge is 0.250 e. The largest absolute Gasteiger partial charge is 0.366 e. The molecule has 0 aliphatic carbocycles. The van der Waals surface area contributed by atoms with Gasteiger partial charge in [0.1, 0.15) is 5.82 Å². The van der Waals surface area contributed by atoms with Gasteiger partial charge >= 0.3 is 0 Å². The van der Waals surface area contributed by atoms with Crippen molar-refractivity contribution in [2.45, 2.75) is 31.4 Å². The number of primary amides is 1. The lowest BCUT2D eigenvalue weighted by molar-refractivity contribution is 0.1000. The van der Waals surface area contributed by atoms with Gasteiger partial charge in [0.15, 0.2) is 0 Å². The normalized spacial score (nSPS) is 21.3. The van der Waals surface area contributed by atoms with E-state index in [4.69, 9.17) is 17.3 Å². The number of carbonyl (C=O) groups is 1. The first-order chi connectivity index (χ1) is 9.93. The first-order valence-corrected chi connectivity index (χ1v) is 8.72. The molecule has 116 valence electrons. The molecule has 2 N–H and O–H groups in total. The summed E-state index contributed by atoms with van der Waals surface area (Å²) in [4.78, 5) is 17.5. The molecule has 1 amide bonds. The van der Waals surface area contributed by atoms with Gasteiger partial charge in [-0.2, -0.15) is 0 Å². The molecule has 0 spiro atoms. The molecule has 2 heterocycles. The number of carbonyl (C=O) groups excluding carboxylic acids is 1. The van der Waals surface area contributed by atoms with Crippen molar-refractivity contribution in [3.05, 3.63) is 22.8 Å². The number of pyridine rings is 1. The molecular formula is C14H20ClN3O2S. The highest BCUT2D eigenvalue weighted by Gasteiger charge is 2.39. The number of amides is 1. The van der Waals surface area contributed by atoms with E-state index in [2.05, 4.69) is 23.7 Å². The lowest BCUT2D eigenvalue weighted by Crippen LogP contribution is -2.53. The van der Waals surface area contributed by atoms with Crippen LogP contribution in [0.15, 0.2) is 12.3 Å². The second kappa shape index (κ2) is 6.32. The lowest BCUT2D eigenvalue weighted by atomic mass is 10.0. The van der Waals surface area contributed by atoms with E-state index >= 15 is 0 Å². The third-order valence-corrected chi connectivity index (χ3v) is 6.71. The van der Waals surface area contributed by atoms with Crippen molar-refractivity contribution in [3.8, 4) is 0 Å². The molecule has 5 nitrogen and oxygen atoms in total. The molecule has 0 aromatic carbocycles. The van der Waals surface area contributed by atoms with Crippen LogP contribution in [0.25, 0.3) is 0 Å². The Morgan fingerprint density at radius 3 is 2.71 bits per heavy atom. The quantitative estimate of drug-likeness (QED) is 0.916. The Kier molecular flexibility index (Phi) is 4.88. The van der Waals surface area contributed by atoms with E-state index in [-0.39, 0.29) is 4.75 Å². The molecule has 1 aliphatic rings. The van der Waals surface area contributed by atoms with Crippen molar-refractivity contribution >= 4 is 34.1 Å². The van der Waals surface area contributed by atoms with Gasteiger partial charge < -0.3 is 10.6 Å². The number of hydrogen-bond acceptors (Lipinski definition) is 4. The molecule has 1 atom stereocenters. The highest BCUT2D eigenvalue weighted by molar-refractivity contribution is 7.86. The van der Waals surface area contributed by atoms with Gasteiger partial charge in [-0.05, 0) is 18.9 Å². The molecule has 2 rings (SSSR count). The van der Waals surface area contributed by atoms with E-state index in [1.807, 2.05) is 0 Å². The summed E-state index contributed by atoms with van der Waals surface area (Å²) in [7, 11) is -0.836. The lowest BCUT2D eigenvalue weighted by Gasteiger charge is -2.41. The number of rotatable bonds is 4. The monoisotopic (exact) mass is 329 g/mol. The molecular weight excluding hydrogens is 310 g/mol. The molecule has 0 radical (unpaired) electrons. The number of halogens is 1. The van der Waals surface area contributed by atoms with Gasteiger partial charge in [-0.25, -0.2) is 4.98 Å². The highest BCUT2D eigenvalue weighted by Crippen LogP contribution is 2.33. The van der Waals surface area contributed by atoms with Crippen molar-refractivity contribution in [1.29, 1.82) is 0 Å². The van der Waals surface area contributed by atoms with Crippen LogP contribution in [0.4, 0.5) is 5.82 Å². The van der Waals surface area contributed by atoms with E-state index in [0.29, 0.717) is 35.2 Å². The van der Waals surface area contributed by atoms with Gasteiger partial charge in [-0.1, -0.05) is 25.4 Å². The number of nitrogens with zero attached hydrogens (tertiary/aromatic N) is 2. The predicted molar refractivity (Wildman–Crippen MR) is 86.3 cm³/mol. The van der Waals surface area contributed by atoms with Gasteiger partial charge in [0.05, 0.1) is 15.3 Å². The SMILES string of the molecule is CCC1(CC)CN(c2ncc(C(N)=O)cc2Cl)CCS1=O. The molecule has 7 heteroatoms. The van der Waals surface area contributed by atoms with E-state index in [1.54, 1.807) is 0 Å². The first kappa shape index (κ1) is 16.2. The first-order valence-electron chi connectivity index (χ1n) is 7.02. The summed E-state index contributed by atoms with van der Waals surface area (Å²) in [6.07, 6.45) is 3.14. The zero-order chi connectivity index (χ0) is 15.6. The van der Waals surface area contributed by atoms with Crippen LogP contribution in [-0.2, 0) is 10.8 Å². The fraction of sp³-hybridized carbons (Fsp3) is 0.571. The summed E-state index contributed by atoms with van der Waals surface area (Å²) < 4.78 is 12.1. The van der Waals surface area contributed by atoms with Gasteiger partial charge in [-0.3, -0.25) is 9.00 Å². The standard InChI is InChI=1S/C14H20ClN3O2S/c1-3-14(4-2)9-18(5-6-21(14)20)13-11(15)7-10(8-17-13)12(16)19/h7-8H,3-6,9H2,1-2H3,(H2,16,19). The second-order valence-corrected chi connectivity index (χ2v) is 7.63. The molecule has 0 saturated carbocycles. The van der Waals surface area contributed by atoms with E-state index in [9.17, 15) is 9.00 Å². The number of anilines is 1. The Hall–Kier alpha value is -1.14. The minimum absolute atomic E-state index is 0.217. The Labute approximate surface area is 132 Å². The van der Waals surface area contributed by atoms with Crippen molar-refractivity contribution in [2.24, 2.45) is 5.73 Å². The van der Waals surface area contributed by atoms with Gasteiger partial charge in [0.25, 0.3) is 0 Å². The summed E-state index contributed by atoms with van der Waals surface area (Å²) in [5, 5.41) is 0.403. The molecule has 1 saturated heterocycles. The number of aromatic nitrogens is 1. The van der Waals surface area contributed by atoms with Crippen LogP contribution in [0.5, 0.6) is 0 Å². The average Bonchev–Trinajstić information content (AvgIpc) is 2.48. The van der Waals surface area contributed by atoms with Gasteiger partial charge in [0.2, 0.25) is 5.91 Å². The van der Waals surface area contributed by atoms with Gasteiger partial charge in [-0.15, -0.1) is 0 Å². The van der Waals surface area contributed by atoms with Crippen molar-refractivity contribution < 1.29 is 9.00 Å². The highest BCUT2D eigenvalue weighted by atomic mass is 35.5. The van der Waals surface area contributed by atoms with Crippen molar-refractivity contribution in [2.75, 3.05) is 23.7 Å². The molecule has 1 aromatic rings.